The second-order valence-corrected chi connectivity index (χ2v) is 5.77. The summed E-state index contributed by atoms with van der Waals surface area (Å²) in [7, 11) is 0. The number of hydrogen-bond acceptors (Lipinski definition) is 2. The molecule has 0 aromatic heterocycles. The molecule has 2 nitrogen and oxygen atoms in total. The molecule has 18 heavy (non-hydrogen) atoms. The highest BCUT2D eigenvalue weighted by Crippen LogP contribution is 2.25. The van der Waals surface area contributed by atoms with Gasteiger partial charge in [0.25, 0.3) is 0 Å². The van der Waals surface area contributed by atoms with Crippen molar-refractivity contribution in [3.8, 4) is 0 Å². The summed E-state index contributed by atoms with van der Waals surface area (Å²) >= 11 is 0. The topological polar surface area (TPSA) is 35.2 Å². The standard InChI is InChI=1S/C16H25NO/c1-12(2)11-13-6-8-14(9-7-13)16(17)15-5-3-4-10-18-15/h6-9,12,15-16H,3-5,10-11,17H2,1-2H3. The lowest BCUT2D eigenvalue weighted by atomic mass is 9.94. The zero-order valence-electron chi connectivity index (χ0n) is 11.6. The van der Waals surface area contributed by atoms with Crippen LogP contribution in [0, 0.1) is 5.92 Å². The monoisotopic (exact) mass is 247 g/mol. The first kappa shape index (κ1) is 13.6. The fraction of sp³-hybridized carbons (Fsp3) is 0.625. The third-order valence-electron chi connectivity index (χ3n) is 3.62. The molecule has 2 heteroatoms. The third kappa shape index (κ3) is 3.56. The van der Waals surface area contributed by atoms with Gasteiger partial charge >= 0.3 is 0 Å². The first-order valence-corrected chi connectivity index (χ1v) is 7.13. The van der Waals surface area contributed by atoms with Gasteiger partial charge in [-0.05, 0) is 42.7 Å². The van der Waals surface area contributed by atoms with Crippen molar-refractivity contribution in [2.24, 2.45) is 11.7 Å². The van der Waals surface area contributed by atoms with Crippen molar-refractivity contribution >= 4 is 0 Å². The van der Waals surface area contributed by atoms with Gasteiger partial charge in [0.2, 0.25) is 0 Å². The second kappa shape index (κ2) is 6.35. The molecule has 0 spiro atoms. The van der Waals surface area contributed by atoms with Gasteiger partial charge < -0.3 is 10.5 Å². The summed E-state index contributed by atoms with van der Waals surface area (Å²) in [6.07, 6.45) is 4.85. The lowest BCUT2D eigenvalue weighted by Crippen LogP contribution is -2.31. The van der Waals surface area contributed by atoms with Crippen LogP contribution in [0.25, 0.3) is 0 Å². The maximum Gasteiger partial charge on any atom is 0.0767 e. The Labute approximate surface area is 111 Å². The minimum Gasteiger partial charge on any atom is -0.376 e. The molecule has 0 aliphatic carbocycles. The van der Waals surface area contributed by atoms with E-state index >= 15 is 0 Å². The van der Waals surface area contributed by atoms with E-state index in [1.165, 1.54) is 24.0 Å². The van der Waals surface area contributed by atoms with E-state index in [2.05, 4.69) is 38.1 Å². The van der Waals surface area contributed by atoms with E-state index in [9.17, 15) is 0 Å². The van der Waals surface area contributed by atoms with Gasteiger partial charge in [0.1, 0.15) is 0 Å². The van der Waals surface area contributed by atoms with Crippen LogP contribution in [0.1, 0.15) is 50.3 Å². The molecule has 1 aliphatic rings. The Morgan fingerprint density at radius 2 is 1.94 bits per heavy atom. The van der Waals surface area contributed by atoms with Crippen molar-refractivity contribution < 1.29 is 4.74 Å². The Bertz CT molecular complexity index is 352. The largest absolute Gasteiger partial charge is 0.376 e. The molecule has 2 rings (SSSR count). The SMILES string of the molecule is CC(C)Cc1ccc(C(N)C2CCCCO2)cc1. The average molecular weight is 247 g/mol. The van der Waals surface area contributed by atoms with E-state index in [1.54, 1.807) is 0 Å². The van der Waals surface area contributed by atoms with Crippen LogP contribution in [-0.4, -0.2) is 12.7 Å². The summed E-state index contributed by atoms with van der Waals surface area (Å²) in [5.74, 6) is 0.700. The molecule has 2 N–H and O–H groups in total. The molecule has 1 aromatic rings. The van der Waals surface area contributed by atoms with Crippen molar-refractivity contribution in [1.29, 1.82) is 0 Å². The molecule has 0 radical (unpaired) electrons. The molecule has 0 saturated carbocycles. The van der Waals surface area contributed by atoms with E-state index in [4.69, 9.17) is 10.5 Å². The van der Waals surface area contributed by atoms with Gasteiger partial charge in [0.15, 0.2) is 0 Å². The van der Waals surface area contributed by atoms with Crippen molar-refractivity contribution in [3.05, 3.63) is 35.4 Å². The highest BCUT2D eigenvalue weighted by Gasteiger charge is 2.22. The lowest BCUT2D eigenvalue weighted by Gasteiger charge is -2.28. The van der Waals surface area contributed by atoms with Crippen LogP contribution in [-0.2, 0) is 11.2 Å². The zero-order valence-corrected chi connectivity index (χ0v) is 11.6. The summed E-state index contributed by atoms with van der Waals surface area (Å²) in [4.78, 5) is 0. The number of ether oxygens (including phenoxy) is 1. The number of benzene rings is 1. The van der Waals surface area contributed by atoms with Crippen LogP contribution in [0.3, 0.4) is 0 Å². The lowest BCUT2D eigenvalue weighted by molar-refractivity contribution is 0.0000102. The first-order valence-electron chi connectivity index (χ1n) is 7.13. The fourth-order valence-corrected chi connectivity index (χ4v) is 2.61. The Morgan fingerprint density at radius 3 is 2.50 bits per heavy atom. The van der Waals surface area contributed by atoms with Crippen LogP contribution in [0.2, 0.25) is 0 Å². The quantitative estimate of drug-likeness (QED) is 0.884. The van der Waals surface area contributed by atoms with Crippen LogP contribution in [0.5, 0.6) is 0 Å². The highest BCUT2D eigenvalue weighted by molar-refractivity contribution is 5.26. The molecular formula is C16H25NO. The van der Waals surface area contributed by atoms with Crippen LogP contribution < -0.4 is 5.73 Å². The van der Waals surface area contributed by atoms with E-state index in [1.807, 2.05) is 0 Å². The minimum atomic E-state index is 0.0263. The highest BCUT2D eigenvalue weighted by atomic mass is 16.5. The first-order chi connectivity index (χ1) is 8.66. The van der Waals surface area contributed by atoms with Crippen molar-refractivity contribution in [1.82, 2.24) is 0 Å². The van der Waals surface area contributed by atoms with Crippen molar-refractivity contribution in [2.45, 2.75) is 51.7 Å². The number of nitrogens with two attached hydrogens (primary N) is 1. The van der Waals surface area contributed by atoms with Gasteiger partial charge in [-0.1, -0.05) is 38.1 Å². The van der Waals surface area contributed by atoms with Gasteiger partial charge in [-0.25, -0.2) is 0 Å². The number of hydrogen-bond donors (Lipinski definition) is 1. The average Bonchev–Trinajstić information content (AvgIpc) is 2.39. The Balaban J connectivity index is 1.99. The summed E-state index contributed by atoms with van der Waals surface area (Å²) in [6, 6.07) is 8.77. The summed E-state index contributed by atoms with van der Waals surface area (Å²) < 4.78 is 5.76. The maximum absolute atomic E-state index is 6.30. The van der Waals surface area contributed by atoms with Gasteiger partial charge in [-0.15, -0.1) is 0 Å². The molecule has 1 fully saturated rings. The van der Waals surface area contributed by atoms with E-state index < -0.39 is 0 Å². The van der Waals surface area contributed by atoms with Crippen LogP contribution in [0.15, 0.2) is 24.3 Å². The van der Waals surface area contributed by atoms with Crippen LogP contribution >= 0.6 is 0 Å². The third-order valence-corrected chi connectivity index (χ3v) is 3.62. The van der Waals surface area contributed by atoms with Crippen molar-refractivity contribution in [3.63, 3.8) is 0 Å². The molecule has 1 saturated heterocycles. The number of rotatable bonds is 4. The second-order valence-electron chi connectivity index (χ2n) is 5.77. The summed E-state index contributed by atoms with van der Waals surface area (Å²) in [5.41, 5.74) is 8.89. The molecule has 1 aromatic carbocycles. The molecule has 0 amide bonds. The molecule has 2 unspecified atom stereocenters. The Kier molecular flexibility index (Phi) is 4.79. The molecule has 2 atom stereocenters. The van der Waals surface area contributed by atoms with Gasteiger partial charge in [0, 0.05) is 6.61 Å². The predicted octanol–water partition coefficient (Wildman–Crippen LogP) is 3.45. The minimum absolute atomic E-state index is 0.0263. The zero-order chi connectivity index (χ0) is 13.0. The Hall–Kier alpha value is -0.860. The van der Waals surface area contributed by atoms with Crippen LogP contribution in [0.4, 0.5) is 0 Å². The molecule has 0 bridgehead atoms. The Morgan fingerprint density at radius 1 is 1.22 bits per heavy atom. The molecule has 1 aliphatic heterocycles. The van der Waals surface area contributed by atoms with Gasteiger partial charge in [-0.3, -0.25) is 0 Å². The van der Waals surface area contributed by atoms with Gasteiger partial charge in [0.05, 0.1) is 12.1 Å². The molecule has 100 valence electrons. The molecular weight excluding hydrogens is 222 g/mol. The van der Waals surface area contributed by atoms with E-state index in [-0.39, 0.29) is 12.1 Å². The molecule has 1 heterocycles. The van der Waals surface area contributed by atoms with E-state index in [0.717, 1.165) is 19.4 Å². The summed E-state index contributed by atoms with van der Waals surface area (Å²) in [5, 5.41) is 0. The van der Waals surface area contributed by atoms with Gasteiger partial charge in [-0.2, -0.15) is 0 Å². The van der Waals surface area contributed by atoms with Crippen molar-refractivity contribution in [2.75, 3.05) is 6.61 Å². The van der Waals surface area contributed by atoms with E-state index in [0.29, 0.717) is 5.92 Å². The smallest absolute Gasteiger partial charge is 0.0767 e. The normalized spacial score (nSPS) is 22.1. The maximum atomic E-state index is 6.30. The fourth-order valence-electron chi connectivity index (χ4n) is 2.61. The predicted molar refractivity (Wildman–Crippen MR) is 75.5 cm³/mol. The summed E-state index contributed by atoms with van der Waals surface area (Å²) in [6.45, 7) is 5.36.